The highest BCUT2D eigenvalue weighted by molar-refractivity contribution is 5.93. The summed E-state index contributed by atoms with van der Waals surface area (Å²) in [4.78, 5) is 20.0. The Kier molecular flexibility index (Phi) is 6.25. The summed E-state index contributed by atoms with van der Waals surface area (Å²) in [5.74, 6) is -0.134. The Morgan fingerprint density at radius 2 is 1.80 bits per heavy atom. The van der Waals surface area contributed by atoms with E-state index in [0.717, 1.165) is 11.4 Å². The first kappa shape index (κ1) is 18.6. The lowest BCUT2D eigenvalue weighted by Crippen LogP contribution is -2.30. The highest BCUT2D eigenvalue weighted by Gasteiger charge is 2.20. The number of carbonyl (C=O) groups excluding carboxylic acids is 1. The van der Waals surface area contributed by atoms with Crippen molar-refractivity contribution in [1.29, 1.82) is 0 Å². The number of benzene rings is 1. The molecule has 3 aromatic rings. The molecule has 0 N–H and O–H groups in total. The van der Waals surface area contributed by atoms with Crippen LogP contribution in [-0.4, -0.2) is 44.4 Å². The van der Waals surface area contributed by atoms with Gasteiger partial charge in [0.1, 0.15) is 0 Å². The van der Waals surface area contributed by atoms with Crippen molar-refractivity contribution < 1.29 is 4.79 Å². The molecule has 0 radical (unpaired) electrons. The number of hydrogen-bond acceptors (Lipinski definition) is 4. The number of hydrogen-bond donors (Lipinski definition) is 0. The standard InChI is InChI=1S/C18H19N5O.ClH/c1-14-17(21-23(20-14)16-9-4-3-5-10-16)18(24)22(2)13-11-15-8-6-7-12-19-15;/h3-10,12H,11,13H2,1-2H3;1H. The number of para-hydroxylation sites is 1. The van der Waals surface area contributed by atoms with Crippen molar-refractivity contribution in [3.05, 3.63) is 71.8 Å². The number of halogens is 1. The smallest absolute Gasteiger partial charge is 0.276 e. The maximum absolute atomic E-state index is 12.6. The number of nitrogens with zero attached hydrogens (tertiary/aromatic N) is 5. The van der Waals surface area contributed by atoms with Crippen molar-refractivity contribution in [3.63, 3.8) is 0 Å². The van der Waals surface area contributed by atoms with Crippen LogP contribution in [-0.2, 0) is 6.42 Å². The zero-order valence-corrected chi connectivity index (χ0v) is 15.0. The Bertz CT molecular complexity index is 820. The minimum absolute atomic E-state index is 0. The topological polar surface area (TPSA) is 63.9 Å². The Morgan fingerprint density at radius 3 is 2.48 bits per heavy atom. The van der Waals surface area contributed by atoms with Gasteiger partial charge in [0, 0.05) is 31.9 Å². The second kappa shape index (κ2) is 8.39. The van der Waals surface area contributed by atoms with Gasteiger partial charge in [-0.05, 0) is 31.2 Å². The van der Waals surface area contributed by atoms with E-state index in [1.165, 1.54) is 4.80 Å². The van der Waals surface area contributed by atoms with Crippen LogP contribution < -0.4 is 0 Å². The fourth-order valence-corrected chi connectivity index (χ4v) is 2.36. The van der Waals surface area contributed by atoms with Gasteiger partial charge in [0.25, 0.3) is 5.91 Å². The van der Waals surface area contributed by atoms with Crippen molar-refractivity contribution in [2.75, 3.05) is 13.6 Å². The van der Waals surface area contributed by atoms with E-state index >= 15 is 0 Å². The molecule has 130 valence electrons. The summed E-state index contributed by atoms with van der Waals surface area (Å²) < 4.78 is 0. The lowest BCUT2D eigenvalue weighted by Gasteiger charge is -2.15. The molecule has 0 spiro atoms. The molecule has 0 atom stereocenters. The fraction of sp³-hybridized carbons (Fsp3) is 0.222. The van der Waals surface area contributed by atoms with Crippen LogP contribution in [0, 0.1) is 6.92 Å². The summed E-state index contributed by atoms with van der Waals surface area (Å²) in [5.41, 5.74) is 2.79. The van der Waals surface area contributed by atoms with Gasteiger partial charge in [-0.15, -0.1) is 17.5 Å². The molecule has 25 heavy (non-hydrogen) atoms. The molecule has 0 aliphatic rings. The maximum atomic E-state index is 12.6. The average molecular weight is 358 g/mol. The first-order chi connectivity index (χ1) is 11.6. The number of amides is 1. The molecule has 0 saturated carbocycles. The van der Waals surface area contributed by atoms with Crippen LogP contribution in [0.25, 0.3) is 5.69 Å². The summed E-state index contributed by atoms with van der Waals surface area (Å²) in [6.07, 6.45) is 2.46. The molecule has 7 heteroatoms. The van der Waals surface area contributed by atoms with Crippen LogP contribution in [0.5, 0.6) is 0 Å². The molecule has 6 nitrogen and oxygen atoms in total. The summed E-state index contributed by atoms with van der Waals surface area (Å²) >= 11 is 0. The van der Waals surface area contributed by atoms with E-state index in [1.807, 2.05) is 48.5 Å². The van der Waals surface area contributed by atoms with E-state index in [2.05, 4.69) is 15.2 Å². The van der Waals surface area contributed by atoms with Crippen molar-refractivity contribution in [2.24, 2.45) is 0 Å². The van der Waals surface area contributed by atoms with Crippen molar-refractivity contribution in [1.82, 2.24) is 24.9 Å². The summed E-state index contributed by atoms with van der Waals surface area (Å²) in [6.45, 7) is 2.37. The first-order valence-electron chi connectivity index (χ1n) is 7.80. The zero-order valence-electron chi connectivity index (χ0n) is 14.2. The maximum Gasteiger partial charge on any atom is 0.276 e. The van der Waals surface area contributed by atoms with E-state index in [1.54, 1.807) is 25.1 Å². The molecule has 0 aliphatic carbocycles. The summed E-state index contributed by atoms with van der Waals surface area (Å²) in [5, 5.41) is 8.70. The number of rotatable bonds is 5. The van der Waals surface area contributed by atoms with Crippen molar-refractivity contribution in [2.45, 2.75) is 13.3 Å². The molecule has 1 aromatic carbocycles. The highest BCUT2D eigenvalue weighted by Crippen LogP contribution is 2.10. The van der Waals surface area contributed by atoms with Gasteiger partial charge in [0.05, 0.1) is 11.4 Å². The largest absolute Gasteiger partial charge is 0.340 e. The van der Waals surface area contributed by atoms with Crippen molar-refractivity contribution >= 4 is 18.3 Å². The molecule has 0 unspecified atom stereocenters. The second-order valence-corrected chi connectivity index (χ2v) is 5.56. The third-order valence-electron chi connectivity index (χ3n) is 3.75. The van der Waals surface area contributed by atoms with E-state index in [4.69, 9.17) is 0 Å². The molecule has 0 bridgehead atoms. The van der Waals surface area contributed by atoms with E-state index in [-0.39, 0.29) is 18.3 Å². The lowest BCUT2D eigenvalue weighted by atomic mass is 10.2. The highest BCUT2D eigenvalue weighted by atomic mass is 35.5. The molecule has 3 rings (SSSR count). The number of likely N-dealkylation sites (N-methyl/N-ethyl adjacent to an activating group) is 1. The predicted octanol–water partition coefficient (Wildman–Crippen LogP) is 2.71. The second-order valence-electron chi connectivity index (χ2n) is 5.56. The Morgan fingerprint density at radius 1 is 1.08 bits per heavy atom. The molecule has 0 saturated heterocycles. The Hall–Kier alpha value is -2.73. The normalized spacial score (nSPS) is 10.2. The van der Waals surface area contributed by atoms with Crippen LogP contribution >= 0.6 is 12.4 Å². The molecule has 2 aromatic heterocycles. The third kappa shape index (κ3) is 4.42. The van der Waals surface area contributed by atoms with Crippen LogP contribution in [0.4, 0.5) is 0 Å². The van der Waals surface area contributed by atoms with Gasteiger partial charge in [-0.3, -0.25) is 9.78 Å². The van der Waals surface area contributed by atoms with Crippen LogP contribution in [0.1, 0.15) is 21.9 Å². The average Bonchev–Trinajstić information content (AvgIpc) is 3.02. The van der Waals surface area contributed by atoms with Gasteiger partial charge in [-0.2, -0.15) is 9.90 Å². The predicted molar refractivity (Wildman–Crippen MR) is 98.2 cm³/mol. The Balaban J connectivity index is 0.00000225. The fourth-order valence-electron chi connectivity index (χ4n) is 2.36. The molecule has 2 heterocycles. The molecule has 1 amide bonds. The SMILES string of the molecule is Cc1nn(-c2ccccc2)nc1C(=O)N(C)CCc1ccccn1.Cl. The lowest BCUT2D eigenvalue weighted by molar-refractivity contribution is 0.0789. The summed E-state index contributed by atoms with van der Waals surface area (Å²) in [7, 11) is 1.77. The van der Waals surface area contributed by atoms with Gasteiger partial charge in [-0.25, -0.2) is 0 Å². The van der Waals surface area contributed by atoms with Crippen LogP contribution in [0.3, 0.4) is 0 Å². The van der Waals surface area contributed by atoms with Crippen molar-refractivity contribution in [3.8, 4) is 5.69 Å². The Labute approximate surface area is 152 Å². The van der Waals surface area contributed by atoms with Crippen LogP contribution in [0.15, 0.2) is 54.7 Å². The van der Waals surface area contributed by atoms with Gasteiger partial charge in [0.2, 0.25) is 0 Å². The number of aryl methyl sites for hydroxylation is 1. The van der Waals surface area contributed by atoms with Gasteiger partial charge in [0.15, 0.2) is 5.69 Å². The molecule has 0 fully saturated rings. The number of carbonyl (C=O) groups is 1. The quantitative estimate of drug-likeness (QED) is 0.704. The van der Waals surface area contributed by atoms with E-state index in [0.29, 0.717) is 24.4 Å². The minimum atomic E-state index is -0.134. The molecular formula is C18H20ClN5O. The molecule has 0 aliphatic heterocycles. The van der Waals surface area contributed by atoms with Gasteiger partial charge < -0.3 is 4.90 Å². The van der Waals surface area contributed by atoms with Gasteiger partial charge >= 0.3 is 0 Å². The first-order valence-corrected chi connectivity index (χ1v) is 7.80. The van der Waals surface area contributed by atoms with E-state index in [9.17, 15) is 4.79 Å². The third-order valence-corrected chi connectivity index (χ3v) is 3.75. The number of aromatic nitrogens is 4. The monoisotopic (exact) mass is 357 g/mol. The number of pyridine rings is 1. The minimum Gasteiger partial charge on any atom is -0.340 e. The van der Waals surface area contributed by atoms with Crippen LogP contribution in [0.2, 0.25) is 0 Å². The summed E-state index contributed by atoms with van der Waals surface area (Å²) in [6, 6.07) is 15.3. The zero-order chi connectivity index (χ0) is 16.9. The van der Waals surface area contributed by atoms with Gasteiger partial charge in [-0.1, -0.05) is 24.3 Å². The molecular weight excluding hydrogens is 338 g/mol. The van der Waals surface area contributed by atoms with E-state index < -0.39 is 0 Å².